The van der Waals surface area contributed by atoms with E-state index in [2.05, 4.69) is 15.3 Å². The first kappa shape index (κ1) is 11.7. The minimum absolute atomic E-state index is 0.0888. The molecule has 0 saturated heterocycles. The van der Waals surface area contributed by atoms with Crippen molar-refractivity contribution >= 4 is 0 Å². The Morgan fingerprint density at radius 3 is 2.76 bits per heavy atom. The Balaban J connectivity index is 1.96. The van der Waals surface area contributed by atoms with Crippen LogP contribution in [0.4, 0.5) is 4.39 Å². The molecule has 1 atom stereocenters. The van der Waals surface area contributed by atoms with Crippen LogP contribution in [-0.2, 0) is 6.54 Å². The summed E-state index contributed by atoms with van der Waals surface area (Å²) in [6, 6.07) is 6.70. The van der Waals surface area contributed by atoms with Crippen LogP contribution in [0.3, 0.4) is 0 Å². The summed E-state index contributed by atoms with van der Waals surface area (Å²) in [5.74, 6) is -0.209. The van der Waals surface area contributed by atoms with Gasteiger partial charge in [-0.2, -0.15) is 0 Å². The van der Waals surface area contributed by atoms with E-state index in [1.54, 1.807) is 24.5 Å². The normalized spacial score (nSPS) is 12.4. The van der Waals surface area contributed by atoms with E-state index in [1.165, 1.54) is 12.4 Å². The van der Waals surface area contributed by atoms with Crippen LogP contribution in [0.25, 0.3) is 0 Å². The van der Waals surface area contributed by atoms with Crippen LogP contribution in [0.1, 0.15) is 24.1 Å². The third-order valence-electron chi connectivity index (χ3n) is 2.58. The van der Waals surface area contributed by atoms with E-state index in [4.69, 9.17) is 0 Å². The molecule has 0 radical (unpaired) electrons. The Morgan fingerprint density at radius 2 is 2.06 bits per heavy atom. The van der Waals surface area contributed by atoms with Crippen molar-refractivity contribution in [1.82, 2.24) is 15.3 Å². The number of hydrogen-bond donors (Lipinski definition) is 1. The third kappa shape index (κ3) is 3.32. The van der Waals surface area contributed by atoms with Crippen molar-refractivity contribution < 1.29 is 4.39 Å². The first-order chi connectivity index (χ1) is 8.25. The van der Waals surface area contributed by atoms with Crippen LogP contribution in [0.5, 0.6) is 0 Å². The minimum atomic E-state index is -0.209. The first-order valence-electron chi connectivity index (χ1n) is 5.48. The molecule has 88 valence electrons. The molecule has 0 aliphatic heterocycles. The second-order valence-corrected chi connectivity index (χ2v) is 3.90. The maximum Gasteiger partial charge on any atom is 0.123 e. The lowest BCUT2D eigenvalue weighted by Gasteiger charge is -2.13. The molecule has 2 rings (SSSR count). The number of halogens is 1. The second kappa shape index (κ2) is 5.50. The van der Waals surface area contributed by atoms with E-state index in [0.29, 0.717) is 6.54 Å². The summed E-state index contributed by atoms with van der Waals surface area (Å²) < 4.78 is 13.0. The zero-order valence-corrected chi connectivity index (χ0v) is 9.60. The predicted octanol–water partition coefficient (Wildman–Crippen LogP) is 2.47. The standard InChI is InChI=1S/C13H14FN3/c1-10(12-3-2-4-13(14)5-12)17-8-11-6-15-9-16-7-11/h2-7,9-10,17H,8H2,1H3. The lowest BCUT2D eigenvalue weighted by molar-refractivity contribution is 0.563. The number of nitrogens with zero attached hydrogens (tertiary/aromatic N) is 2. The van der Waals surface area contributed by atoms with Crippen LogP contribution in [-0.4, -0.2) is 9.97 Å². The number of nitrogens with one attached hydrogen (secondary N) is 1. The first-order valence-corrected chi connectivity index (χ1v) is 5.48. The summed E-state index contributed by atoms with van der Waals surface area (Å²) in [4.78, 5) is 7.88. The van der Waals surface area contributed by atoms with E-state index >= 15 is 0 Å². The molecular formula is C13H14FN3. The van der Waals surface area contributed by atoms with Gasteiger partial charge in [0.05, 0.1) is 0 Å². The molecule has 1 aromatic carbocycles. The Hall–Kier alpha value is -1.81. The average Bonchev–Trinajstić information content (AvgIpc) is 2.37. The molecule has 0 aliphatic rings. The van der Waals surface area contributed by atoms with Crippen LogP contribution < -0.4 is 5.32 Å². The molecule has 3 nitrogen and oxygen atoms in total. The highest BCUT2D eigenvalue weighted by atomic mass is 19.1. The molecule has 4 heteroatoms. The predicted molar refractivity (Wildman–Crippen MR) is 63.7 cm³/mol. The summed E-state index contributed by atoms with van der Waals surface area (Å²) in [5, 5.41) is 3.30. The topological polar surface area (TPSA) is 37.8 Å². The molecule has 0 spiro atoms. The average molecular weight is 231 g/mol. The van der Waals surface area contributed by atoms with Gasteiger partial charge in [0.15, 0.2) is 0 Å². The van der Waals surface area contributed by atoms with Crippen LogP contribution in [0.2, 0.25) is 0 Å². The van der Waals surface area contributed by atoms with Gasteiger partial charge in [0.25, 0.3) is 0 Å². The van der Waals surface area contributed by atoms with E-state index in [-0.39, 0.29) is 11.9 Å². The zero-order chi connectivity index (χ0) is 12.1. The van der Waals surface area contributed by atoms with Crippen molar-refractivity contribution in [1.29, 1.82) is 0 Å². The van der Waals surface area contributed by atoms with E-state index in [0.717, 1.165) is 11.1 Å². The number of rotatable bonds is 4. The lowest BCUT2D eigenvalue weighted by atomic mass is 10.1. The van der Waals surface area contributed by atoms with Gasteiger partial charge in [0, 0.05) is 30.5 Å². The third-order valence-corrected chi connectivity index (χ3v) is 2.58. The summed E-state index contributed by atoms with van der Waals surface area (Å²) in [6.07, 6.45) is 5.02. The van der Waals surface area contributed by atoms with Crippen LogP contribution in [0.15, 0.2) is 43.0 Å². The fraction of sp³-hybridized carbons (Fsp3) is 0.231. The quantitative estimate of drug-likeness (QED) is 0.878. The highest BCUT2D eigenvalue weighted by molar-refractivity contribution is 5.19. The summed E-state index contributed by atoms with van der Waals surface area (Å²) >= 11 is 0. The number of aromatic nitrogens is 2. The highest BCUT2D eigenvalue weighted by Gasteiger charge is 2.05. The molecule has 0 aliphatic carbocycles. The van der Waals surface area contributed by atoms with Crippen molar-refractivity contribution in [3.05, 3.63) is 59.9 Å². The molecule has 0 bridgehead atoms. The fourth-order valence-corrected chi connectivity index (χ4v) is 1.59. The summed E-state index contributed by atoms with van der Waals surface area (Å²) in [6.45, 7) is 2.66. The molecule has 1 heterocycles. The second-order valence-electron chi connectivity index (χ2n) is 3.90. The van der Waals surface area contributed by atoms with Gasteiger partial charge in [-0.15, -0.1) is 0 Å². The molecule has 17 heavy (non-hydrogen) atoms. The molecule has 1 aromatic heterocycles. The van der Waals surface area contributed by atoms with Gasteiger partial charge in [-0.1, -0.05) is 12.1 Å². The SMILES string of the molecule is CC(NCc1cncnc1)c1cccc(F)c1. The Labute approximate surface area is 99.7 Å². The zero-order valence-electron chi connectivity index (χ0n) is 9.60. The highest BCUT2D eigenvalue weighted by Crippen LogP contribution is 2.13. The smallest absolute Gasteiger partial charge is 0.123 e. The van der Waals surface area contributed by atoms with E-state index < -0.39 is 0 Å². The van der Waals surface area contributed by atoms with Crippen LogP contribution >= 0.6 is 0 Å². The lowest BCUT2D eigenvalue weighted by Crippen LogP contribution is -2.18. The molecule has 1 unspecified atom stereocenters. The van der Waals surface area contributed by atoms with Gasteiger partial charge >= 0.3 is 0 Å². The van der Waals surface area contributed by atoms with Crippen molar-refractivity contribution in [3.63, 3.8) is 0 Å². The fourth-order valence-electron chi connectivity index (χ4n) is 1.59. The van der Waals surface area contributed by atoms with Gasteiger partial charge < -0.3 is 5.32 Å². The molecule has 0 saturated carbocycles. The van der Waals surface area contributed by atoms with Gasteiger partial charge in [0.2, 0.25) is 0 Å². The van der Waals surface area contributed by atoms with E-state index in [9.17, 15) is 4.39 Å². The maximum absolute atomic E-state index is 13.0. The van der Waals surface area contributed by atoms with Crippen molar-refractivity contribution in [2.75, 3.05) is 0 Å². The molecule has 0 amide bonds. The molecule has 2 aromatic rings. The Morgan fingerprint density at radius 1 is 1.29 bits per heavy atom. The molecule has 1 N–H and O–H groups in total. The van der Waals surface area contributed by atoms with Gasteiger partial charge in [-0.3, -0.25) is 0 Å². The number of benzene rings is 1. The largest absolute Gasteiger partial charge is 0.306 e. The minimum Gasteiger partial charge on any atom is -0.306 e. The Bertz CT molecular complexity index is 473. The van der Waals surface area contributed by atoms with Crippen LogP contribution in [0, 0.1) is 5.82 Å². The van der Waals surface area contributed by atoms with Gasteiger partial charge in [-0.25, -0.2) is 14.4 Å². The van der Waals surface area contributed by atoms with Gasteiger partial charge in [0.1, 0.15) is 12.1 Å². The van der Waals surface area contributed by atoms with Crippen molar-refractivity contribution in [2.24, 2.45) is 0 Å². The van der Waals surface area contributed by atoms with E-state index in [1.807, 2.05) is 13.0 Å². The molecule has 0 fully saturated rings. The van der Waals surface area contributed by atoms with Gasteiger partial charge in [-0.05, 0) is 24.6 Å². The number of hydrogen-bond acceptors (Lipinski definition) is 3. The molecular weight excluding hydrogens is 217 g/mol. The maximum atomic E-state index is 13.0. The van der Waals surface area contributed by atoms with Crippen molar-refractivity contribution in [2.45, 2.75) is 19.5 Å². The summed E-state index contributed by atoms with van der Waals surface area (Å²) in [5.41, 5.74) is 1.94. The Kier molecular flexibility index (Phi) is 3.77. The monoisotopic (exact) mass is 231 g/mol. The van der Waals surface area contributed by atoms with Crippen molar-refractivity contribution in [3.8, 4) is 0 Å². The summed E-state index contributed by atoms with van der Waals surface area (Å²) in [7, 11) is 0.